The minimum Gasteiger partial charge on any atom is -0.480 e. The van der Waals surface area contributed by atoms with Crippen LogP contribution in [-0.2, 0) is 11.2 Å². The van der Waals surface area contributed by atoms with Crippen molar-refractivity contribution in [3.05, 3.63) is 29.8 Å². The van der Waals surface area contributed by atoms with Crippen LogP contribution in [0, 0.1) is 0 Å². The number of carbonyl (C=O) groups is 2. The normalized spacial score (nSPS) is 21.6. The molecule has 1 aromatic carbocycles. The first-order valence-electron chi connectivity index (χ1n) is 6.15. The van der Waals surface area contributed by atoms with E-state index in [9.17, 15) is 9.59 Å². The predicted molar refractivity (Wildman–Crippen MR) is 73.5 cm³/mol. The summed E-state index contributed by atoms with van der Waals surface area (Å²) in [5.74, 6) is -0.00350. The van der Waals surface area contributed by atoms with E-state index in [1.807, 2.05) is 24.3 Å². The van der Waals surface area contributed by atoms with Crippen molar-refractivity contribution < 1.29 is 14.7 Å². The molecule has 2 heterocycles. The third-order valence-electron chi connectivity index (χ3n) is 3.53. The molecule has 0 aliphatic carbocycles. The van der Waals surface area contributed by atoms with E-state index in [0.717, 1.165) is 17.7 Å². The van der Waals surface area contributed by atoms with Gasteiger partial charge in [0.2, 0.25) is 0 Å². The number of amides is 2. The number of aliphatic carboxylic acids is 1. The van der Waals surface area contributed by atoms with Gasteiger partial charge in [0.15, 0.2) is 0 Å². The van der Waals surface area contributed by atoms with Gasteiger partial charge < -0.3 is 10.0 Å². The first-order valence-corrected chi connectivity index (χ1v) is 7.30. The predicted octanol–water partition coefficient (Wildman–Crippen LogP) is 1.63. The molecule has 1 N–H and O–H groups in total. The molecular formula is C13H14N2O3S. The van der Waals surface area contributed by atoms with Crippen molar-refractivity contribution in [3.8, 4) is 0 Å². The molecule has 2 aliphatic rings. The summed E-state index contributed by atoms with van der Waals surface area (Å²) in [5, 5.41) is 9.14. The summed E-state index contributed by atoms with van der Waals surface area (Å²) in [6, 6.07) is 6.89. The van der Waals surface area contributed by atoms with Crippen LogP contribution in [0.3, 0.4) is 0 Å². The van der Waals surface area contributed by atoms with Gasteiger partial charge in [-0.3, -0.25) is 4.90 Å². The SMILES string of the molecule is O=C(O)C1CSCN1C(=O)N1CCc2ccccc21. The van der Waals surface area contributed by atoms with E-state index in [1.165, 1.54) is 16.7 Å². The lowest BCUT2D eigenvalue weighted by molar-refractivity contribution is -0.140. The molecule has 0 saturated carbocycles. The van der Waals surface area contributed by atoms with Gasteiger partial charge >= 0.3 is 12.0 Å². The number of nitrogens with zero attached hydrogens (tertiary/aromatic N) is 2. The Morgan fingerprint density at radius 1 is 1.32 bits per heavy atom. The van der Waals surface area contributed by atoms with Gasteiger partial charge in [0, 0.05) is 18.0 Å². The number of fused-ring (bicyclic) bond motifs is 1. The number of hydrogen-bond donors (Lipinski definition) is 1. The third kappa shape index (κ3) is 2.06. The molecule has 1 aromatic rings. The highest BCUT2D eigenvalue weighted by Crippen LogP contribution is 2.31. The van der Waals surface area contributed by atoms with Crippen LogP contribution in [0.1, 0.15) is 5.56 Å². The molecule has 100 valence electrons. The molecule has 0 bridgehead atoms. The molecule has 1 fully saturated rings. The standard InChI is InChI=1S/C13H14N2O3S/c16-12(17)11-7-19-8-15(11)13(18)14-6-5-9-3-1-2-4-10(9)14/h1-4,11H,5-8H2,(H,16,17). The summed E-state index contributed by atoms with van der Waals surface area (Å²) in [6.45, 7) is 0.631. The lowest BCUT2D eigenvalue weighted by atomic mass is 10.2. The molecule has 0 spiro atoms. The quantitative estimate of drug-likeness (QED) is 0.848. The molecule has 1 atom stereocenters. The number of para-hydroxylation sites is 1. The zero-order valence-corrected chi connectivity index (χ0v) is 11.1. The van der Waals surface area contributed by atoms with Crippen molar-refractivity contribution in [2.24, 2.45) is 0 Å². The van der Waals surface area contributed by atoms with E-state index in [-0.39, 0.29) is 6.03 Å². The molecule has 0 radical (unpaired) electrons. The van der Waals surface area contributed by atoms with Crippen LogP contribution in [0.25, 0.3) is 0 Å². The molecule has 2 aliphatic heterocycles. The molecule has 5 nitrogen and oxygen atoms in total. The van der Waals surface area contributed by atoms with Crippen molar-refractivity contribution in [1.82, 2.24) is 4.90 Å². The first kappa shape index (κ1) is 12.3. The van der Waals surface area contributed by atoms with E-state index in [1.54, 1.807) is 4.90 Å². The minimum atomic E-state index is -0.925. The molecule has 3 rings (SSSR count). The Bertz CT molecular complexity index is 534. The Kier molecular flexibility index (Phi) is 3.10. The summed E-state index contributed by atoms with van der Waals surface area (Å²) in [4.78, 5) is 26.8. The molecule has 1 saturated heterocycles. The number of hydrogen-bond acceptors (Lipinski definition) is 3. The maximum Gasteiger partial charge on any atom is 0.327 e. The number of carbonyl (C=O) groups excluding carboxylic acids is 1. The van der Waals surface area contributed by atoms with Crippen molar-refractivity contribution in [2.45, 2.75) is 12.5 Å². The fourth-order valence-electron chi connectivity index (χ4n) is 2.53. The van der Waals surface area contributed by atoms with Gasteiger partial charge in [0.05, 0.1) is 5.88 Å². The van der Waals surface area contributed by atoms with Crippen molar-refractivity contribution in [1.29, 1.82) is 0 Å². The van der Waals surface area contributed by atoms with Gasteiger partial charge in [-0.15, -0.1) is 11.8 Å². The molecule has 1 unspecified atom stereocenters. The highest BCUT2D eigenvalue weighted by atomic mass is 32.2. The zero-order valence-electron chi connectivity index (χ0n) is 10.3. The van der Waals surface area contributed by atoms with Crippen LogP contribution >= 0.6 is 11.8 Å². The van der Waals surface area contributed by atoms with E-state index in [0.29, 0.717) is 18.2 Å². The molecule has 6 heteroatoms. The monoisotopic (exact) mass is 278 g/mol. The topological polar surface area (TPSA) is 60.9 Å². The molecule has 19 heavy (non-hydrogen) atoms. The van der Waals surface area contributed by atoms with Gasteiger partial charge in [-0.05, 0) is 18.1 Å². The Labute approximate surface area is 115 Å². The van der Waals surface area contributed by atoms with Crippen molar-refractivity contribution in [3.63, 3.8) is 0 Å². The molecular weight excluding hydrogens is 264 g/mol. The maximum atomic E-state index is 12.5. The van der Waals surface area contributed by atoms with Crippen LogP contribution in [0.4, 0.5) is 10.5 Å². The first-order chi connectivity index (χ1) is 9.18. The van der Waals surface area contributed by atoms with Gasteiger partial charge in [-0.2, -0.15) is 0 Å². The van der Waals surface area contributed by atoms with Crippen LogP contribution < -0.4 is 4.90 Å². The van der Waals surface area contributed by atoms with E-state index < -0.39 is 12.0 Å². The van der Waals surface area contributed by atoms with Crippen LogP contribution in [0.2, 0.25) is 0 Å². The Balaban J connectivity index is 1.84. The Morgan fingerprint density at radius 2 is 2.11 bits per heavy atom. The molecule has 2 amide bonds. The highest BCUT2D eigenvalue weighted by molar-refractivity contribution is 7.99. The number of thioether (sulfide) groups is 1. The van der Waals surface area contributed by atoms with Gasteiger partial charge in [0.1, 0.15) is 6.04 Å². The summed E-state index contributed by atoms with van der Waals surface area (Å²) < 4.78 is 0. The Morgan fingerprint density at radius 3 is 2.89 bits per heavy atom. The third-order valence-corrected chi connectivity index (χ3v) is 4.54. The average molecular weight is 278 g/mol. The number of urea groups is 1. The fraction of sp³-hybridized carbons (Fsp3) is 0.385. The lowest BCUT2D eigenvalue weighted by Crippen LogP contribution is -2.48. The summed E-state index contributed by atoms with van der Waals surface area (Å²) in [5.41, 5.74) is 2.06. The van der Waals surface area contributed by atoms with Crippen LogP contribution in [0.15, 0.2) is 24.3 Å². The van der Waals surface area contributed by atoms with Gasteiger partial charge in [-0.25, -0.2) is 9.59 Å². The molecule has 0 aromatic heterocycles. The van der Waals surface area contributed by atoms with E-state index in [2.05, 4.69) is 0 Å². The summed E-state index contributed by atoms with van der Waals surface area (Å²) in [6.07, 6.45) is 0.834. The largest absolute Gasteiger partial charge is 0.480 e. The van der Waals surface area contributed by atoms with Gasteiger partial charge in [-0.1, -0.05) is 18.2 Å². The number of carboxylic acid groups (broad SMARTS) is 1. The number of benzene rings is 1. The lowest BCUT2D eigenvalue weighted by Gasteiger charge is -2.27. The van der Waals surface area contributed by atoms with Crippen LogP contribution in [0.5, 0.6) is 0 Å². The smallest absolute Gasteiger partial charge is 0.327 e. The number of rotatable bonds is 1. The van der Waals surface area contributed by atoms with E-state index in [4.69, 9.17) is 5.11 Å². The number of anilines is 1. The second-order valence-corrected chi connectivity index (χ2v) is 5.64. The second kappa shape index (κ2) is 4.77. The maximum absolute atomic E-state index is 12.5. The summed E-state index contributed by atoms with van der Waals surface area (Å²) >= 11 is 1.48. The van der Waals surface area contributed by atoms with E-state index >= 15 is 0 Å². The fourth-order valence-corrected chi connectivity index (χ4v) is 3.67. The van der Waals surface area contributed by atoms with Crippen molar-refractivity contribution in [2.75, 3.05) is 23.1 Å². The number of carboxylic acids is 1. The average Bonchev–Trinajstić information content (AvgIpc) is 3.05. The second-order valence-electron chi connectivity index (χ2n) is 4.64. The Hall–Kier alpha value is -1.69. The van der Waals surface area contributed by atoms with Crippen molar-refractivity contribution >= 4 is 29.4 Å². The zero-order chi connectivity index (χ0) is 13.4. The minimum absolute atomic E-state index is 0.192. The van der Waals surface area contributed by atoms with Gasteiger partial charge in [0.25, 0.3) is 0 Å². The van der Waals surface area contributed by atoms with Crippen LogP contribution in [-0.4, -0.2) is 46.2 Å². The highest BCUT2D eigenvalue weighted by Gasteiger charge is 2.38. The summed E-state index contributed by atoms with van der Waals surface area (Å²) in [7, 11) is 0.